The molecule has 0 aromatic heterocycles. The first-order valence-electron chi connectivity index (χ1n) is 25.7. The number of carbonyl (C=O) groups is 5. The van der Waals surface area contributed by atoms with Crippen LogP contribution in [-0.4, -0.2) is 94.0 Å². The molecule has 0 aromatic carbocycles. The first-order chi connectivity index (χ1) is 30.5. The Labute approximate surface area is 385 Å². The highest BCUT2D eigenvalue weighted by Gasteiger charge is 2.25. The van der Waals surface area contributed by atoms with Gasteiger partial charge in [-0.2, -0.15) is 0 Å². The van der Waals surface area contributed by atoms with Gasteiger partial charge in [-0.25, -0.2) is 4.79 Å². The van der Waals surface area contributed by atoms with Crippen LogP contribution in [0, 0.1) is 0 Å². The van der Waals surface area contributed by atoms with Crippen LogP contribution in [0.2, 0.25) is 0 Å². The van der Waals surface area contributed by atoms with Gasteiger partial charge in [0.2, 0.25) is 23.6 Å². The van der Waals surface area contributed by atoms with E-state index in [4.69, 9.17) is 14.2 Å². The highest BCUT2D eigenvalue weighted by atomic mass is 16.6. The van der Waals surface area contributed by atoms with E-state index < -0.39 is 23.6 Å². The van der Waals surface area contributed by atoms with Crippen molar-refractivity contribution >= 4 is 29.7 Å². The monoisotopic (exact) mass is 896 g/mol. The standard InChI is InChI=1S/C50H97N5O8/c1-6-8-10-12-14-16-18-20-22-24-26-28-30-32-45(56)51-36-40-61-42-38-53-47(58)35-34-44(55-49(60)63-50(3,4)5)48(59)54-39-43-62-41-37-52-46(57)33-31-29-27-25-23-21-19-17-15-13-11-9-7-2/h44H,6-43H2,1-5H3,(H,51,56)(H,52,57)(H,53,58)(H,54,59)(H,55,60)/t44-/m0/s1. The SMILES string of the molecule is CCCCCCCCCCCCCCCC(=O)NCCOCCNC(=O)CC[C@H](NC(=O)OC(C)(C)C)C(=O)NCCOCCNC(=O)CCCCCCCCCCCCCCC. The van der Waals surface area contributed by atoms with Crippen molar-refractivity contribution in [3.05, 3.63) is 0 Å². The smallest absolute Gasteiger partial charge is 0.408 e. The Morgan fingerprint density at radius 2 is 0.714 bits per heavy atom. The molecule has 0 bridgehead atoms. The molecule has 370 valence electrons. The lowest BCUT2D eigenvalue weighted by molar-refractivity contribution is -0.124. The molecular formula is C50H97N5O8. The van der Waals surface area contributed by atoms with Crippen LogP contribution in [0.1, 0.15) is 227 Å². The van der Waals surface area contributed by atoms with E-state index in [1.807, 2.05) is 0 Å². The predicted octanol–water partition coefficient (Wildman–Crippen LogP) is 10.1. The highest BCUT2D eigenvalue weighted by Crippen LogP contribution is 2.15. The minimum Gasteiger partial charge on any atom is -0.444 e. The molecular weight excluding hydrogens is 799 g/mol. The Morgan fingerprint density at radius 3 is 1.05 bits per heavy atom. The van der Waals surface area contributed by atoms with Crippen LogP contribution < -0.4 is 26.6 Å². The van der Waals surface area contributed by atoms with E-state index in [0.29, 0.717) is 39.1 Å². The van der Waals surface area contributed by atoms with E-state index in [1.54, 1.807) is 20.8 Å². The van der Waals surface area contributed by atoms with Crippen LogP contribution in [0.5, 0.6) is 0 Å². The lowest BCUT2D eigenvalue weighted by Crippen LogP contribution is -2.49. The van der Waals surface area contributed by atoms with Crippen molar-refractivity contribution < 1.29 is 38.2 Å². The molecule has 0 aliphatic heterocycles. The van der Waals surface area contributed by atoms with E-state index in [0.717, 1.165) is 25.7 Å². The molecule has 0 radical (unpaired) electrons. The van der Waals surface area contributed by atoms with Crippen LogP contribution in [0.25, 0.3) is 0 Å². The number of unbranched alkanes of at least 4 members (excludes halogenated alkanes) is 24. The molecule has 5 amide bonds. The Bertz CT molecular complexity index is 1120. The van der Waals surface area contributed by atoms with Crippen LogP contribution in [-0.2, 0) is 33.4 Å². The number of carbonyl (C=O) groups excluding carboxylic acids is 5. The van der Waals surface area contributed by atoms with E-state index in [2.05, 4.69) is 40.4 Å². The maximum Gasteiger partial charge on any atom is 0.408 e. The fourth-order valence-corrected chi connectivity index (χ4v) is 7.23. The summed E-state index contributed by atoms with van der Waals surface area (Å²) in [4.78, 5) is 62.4. The molecule has 0 fully saturated rings. The van der Waals surface area contributed by atoms with Gasteiger partial charge in [0.1, 0.15) is 11.6 Å². The maximum absolute atomic E-state index is 13.0. The summed E-state index contributed by atoms with van der Waals surface area (Å²) in [7, 11) is 0. The fourth-order valence-electron chi connectivity index (χ4n) is 7.23. The summed E-state index contributed by atoms with van der Waals surface area (Å²) < 4.78 is 16.5. The van der Waals surface area contributed by atoms with Gasteiger partial charge in [-0.1, -0.05) is 168 Å². The third kappa shape index (κ3) is 45.4. The average molecular weight is 896 g/mol. The molecule has 13 heteroatoms. The lowest BCUT2D eigenvalue weighted by atomic mass is 10.0. The van der Waals surface area contributed by atoms with Gasteiger partial charge >= 0.3 is 6.09 Å². The molecule has 0 rings (SSSR count). The minimum absolute atomic E-state index is 0.00135. The largest absolute Gasteiger partial charge is 0.444 e. The Balaban J connectivity index is 4.05. The zero-order chi connectivity index (χ0) is 46.5. The van der Waals surface area contributed by atoms with Crippen molar-refractivity contribution in [2.45, 2.75) is 239 Å². The van der Waals surface area contributed by atoms with Crippen LogP contribution in [0.4, 0.5) is 4.79 Å². The zero-order valence-corrected chi connectivity index (χ0v) is 41.2. The zero-order valence-electron chi connectivity index (χ0n) is 41.2. The minimum atomic E-state index is -0.991. The van der Waals surface area contributed by atoms with E-state index >= 15 is 0 Å². The number of amides is 5. The van der Waals surface area contributed by atoms with Crippen molar-refractivity contribution in [1.82, 2.24) is 26.6 Å². The molecule has 0 unspecified atom stereocenters. The molecule has 0 aliphatic carbocycles. The summed E-state index contributed by atoms with van der Waals surface area (Å²) >= 11 is 0. The summed E-state index contributed by atoms with van der Waals surface area (Å²) in [6.07, 6.45) is 33.4. The van der Waals surface area contributed by atoms with E-state index in [1.165, 1.54) is 141 Å². The van der Waals surface area contributed by atoms with Gasteiger partial charge in [-0.05, 0) is 40.0 Å². The summed E-state index contributed by atoms with van der Waals surface area (Å²) in [5.74, 6) is -0.675. The number of hydrogen-bond acceptors (Lipinski definition) is 8. The van der Waals surface area contributed by atoms with Crippen molar-refractivity contribution in [3.63, 3.8) is 0 Å². The van der Waals surface area contributed by atoms with Crippen LogP contribution in [0.15, 0.2) is 0 Å². The molecule has 13 nitrogen and oxygen atoms in total. The van der Waals surface area contributed by atoms with Crippen molar-refractivity contribution in [2.75, 3.05) is 52.6 Å². The first kappa shape index (κ1) is 60.1. The maximum atomic E-state index is 13.0. The molecule has 63 heavy (non-hydrogen) atoms. The molecule has 0 aromatic rings. The average Bonchev–Trinajstić information content (AvgIpc) is 3.24. The Kier molecular flexibility index (Phi) is 42.2. The van der Waals surface area contributed by atoms with Gasteiger partial charge in [-0.3, -0.25) is 19.2 Å². The normalized spacial score (nSPS) is 11.8. The summed E-state index contributed by atoms with van der Waals surface area (Å²) in [6, 6.07) is -0.991. The van der Waals surface area contributed by atoms with Crippen LogP contribution in [0.3, 0.4) is 0 Å². The first-order valence-corrected chi connectivity index (χ1v) is 25.7. The number of rotatable bonds is 45. The van der Waals surface area contributed by atoms with E-state index in [9.17, 15) is 24.0 Å². The third-order valence-electron chi connectivity index (χ3n) is 10.9. The van der Waals surface area contributed by atoms with Gasteiger partial charge in [0.05, 0.1) is 26.4 Å². The number of nitrogens with one attached hydrogen (secondary N) is 5. The summed E-state index contributed by atoms with van der Waals surface area (Å²) in [5.41, 5.74) is -0.757. The highest BCUT2D eigenvalue weighted by molar-refractivity contribution is 5.86. The Hall–Kier alpha value is -2.93. The summed E-state index contributed by atoms with van der Waals surface area (Å²) in [6.45, 7) is 12.1. The molecule has 1 atom stereocenters. The quantitative estimate of drug-likeness (QED) is 0.0376. The third-order valence-corrected chi connectivity index (χ3v) is 10.9. The topological polar surface area (TPSA) is 173 Å². The van der Waals surface area contributed by atoms with Crippen molar-refractivity contribution in [3.8, 4) is 0 Å². The van der Waals surface area contributed by atoms with Gasteiger partial charge in [0, 0.05) is 45.4 Å². The van der Waals surface area contributed by atoms with Crippen LogP contribution >= 0.6 is 0 Å². The molecule has 0 saturated carbocycles. The van der Waals surface area contributed by atoms with Crippen molar-refractivity contribution in [1.29, 1.82) is 0 Å². The van der Waals surface area contributed by atoms with Gasteiger partial charge in [0.25, 0.3) is 0 Å². The number of hydrogen-bond donors (Lipinski definition) is 5. The molecule has 5 N–H and O–H groups in total. The van der Waals surface area contributed by atoms with Gasteiger partial charge < -0.3 is 40.8 Å². The lowest BCUT2D eigenvalue weighted by Gasteiger charge is -2.23. The second kappa shape index (κ2) is 44.3. The molecule has 0 saturated heterocycles. The van der Waals surface area contributed by atoms with E-state index in [-0.39, 0.29) is 56.9 Å². The fraction of sp³-hybridized carbons (Fsp3) is 0.900. The Morgan fingerprint density at radius 1 is 0.413 bits per heavy atom. The number of alkyl carbamates (subject to hydrolysis) is 1. The van der Waals surface area contributed by atoms with Crippen molar-refractivity contribution in [2.24, 2.45) is 0 Å². The molecule has 0 heterocycles. The van der Waals surface area contributed by atoms with Gasteiger partial charge in [0.15, 0.2) is 0 Å². The predicted molar refractivity (Wildman–Crippen MR) is 257 cm³/mol. The second-order valence-electron chi connectivity index (χ2n) is 18.3. The summed E-state index contributed by atoms with van der Waals surface area (Å²) in [5, 5.41) is 13.9. The molecule has 0 aliphatic rings. The van der Waals surface area contributed by atoms with Gasteiger partial charge in [-0.15, -0.1) is 0 Å². The molecule has 0 spiro atoms. The second-order valence-corrected chi connectivity index (χ2v) is 18.3. The number of ether oxygens (including phenoxy) is 3.